The number of sulfonamides is 1. The van der Waals surface area contributed by atoms with Gasteiger partial charge in [-0.1, -0.05) is 0 Å². The molecule has 94 valence electrons. The minimum Gasteiger partial charge on any atom is -0.476 e. The number of aromatic nitrogens is 1. The minimum atomic E-state index is -4.07. The predicted octanol–water partition coefficient (Wildman–Crippen LogP) is -0.707. The molecule has 0 unspecified atom stereocenters. The lowest BCUT2D eigenvalue weighted by Crippen LogP contribution is -2.30. The summed E-state index contributed by atoms with van der Waals surface area (Å²) in [6, 6.07) is 0. The molecule has 0 saturated heterocycles. The van der Waals surface area contributed by atoms with Crippen LogP contribution in [0.5, 0.6) is 0 Å². The molecule has 0 saturated carbocycles. The van der Waals surface area contributed by atoms with Gasteiger partial charge in [-0.15, -0.1) is 11.3 Å². The Labute approximate surface area is 100 Å². The highest BCUT2D eigenvalue weighted by molar-refractivity contribution is 7.91. The number of aromatic carboxylic acids is 1. The Morgan fingerprint density at radius 3 is 2.76 bits per heavy atom. The summed E-state index contributed by atoms with van der Waals surface area (Å²) < 4.78 is 29.0. The number of nitrogens with one attached hydrogen (secondary N) is 1. The van der Waals surface area contributed by atoms with Crippen molar-refractivity contribution in [3.05, 3.63) is 11.2 Å². The van der Waals surface area contributed by atoms with Gasteiger partial charge in [0.25, 0.3) is 10.0 Å². The number of thiazole rings is 1. The Morgan fingerprint density at radius 2 is 2.24 bits per heavy atom. The van der Waals surface area contributed by atoms with Gasteiger partial charge < -0.3 is 9.84 Å². The zero-order valence-electron chi connectivity index (χ0n) is 8.54. The number of methoxy groups -OCH3 is 1. The second-order valence-corrected chi connectivity index (χ2v) is 5.51. The summed E-state index contributed by atoms with van der Waals surface area (Å²) in [4.78, 5) is 24.9. The molecule has 8 nitrogen and oxygen atoms in total. The quantitative estimate of drug-likeness (QED) is 0.683. The normalized spacial score (nSPS) is 11.1. The number of nitrogens with zero attached hydrogens (tertiary/aromatic N) is 1. The Hall–Kier alpha value is -1.52. The van der Waals surface area contributed by atoms with E-state index in [1.807, 2.05) is 4.72 Å². The Kier molecular flexibility index (Phi) is 4.15. The third-order valence-electron chi connectivity index (χ3n) is 1.62. The first-order valence-corrected chi connectivity index (χ1v) is 6.48. The van der Waals surface area contributed by atoms with Gasteiger partial charge in [0.1, 0.15) is 6.54 Å². The standard InChI is InChI=1S/C7H8N2O6S2/c1-15-4(10)2-9-17(13,14)7-5(6(11)12)8-3-16-7/h3,9H,2H2,1H3,(H,11,12). The molecule has 0 radical (unpaired) electrons. The number of carbonyl (C=O) groups is 2. The molecular formula is C7H8N2O6S2. The van der Waals surface area contributed by atoms with Crippen LogP contribution in [0.2, 0.25) is 0 Å². The van der Waals surface area contributed by atoms with Gasteiger partial charge in [0.05, 0.1) is 12.6 Å². The van der Waals surface area contributed by atoms with Gasteiger partial charge in [0.15, 0.2) is 9.90 Å². The van der Waals surface area contributed by atoms with E-state index in [0.29, 0.717) is 11.3 Å². The van der Waals surface area contributed by atoms with E-state index in [4.69, 9.17) is 5.11 Å². The summed E-state index contributed by atoms with van der Waals surface area (Å²) in [6.07, 6.45) is 0. The van der Waals surface area contributed by atoms with Crippen LogP contribution >= 0.6 is 11.3 Å². The first kappa shape index (κ1) is 13.5. The van der Waals surface area contributed by atoms with Gasteiger partial charge in [0.2, 0.25) is 0 Å². The fourth-order valence-electron chi connectivity index (χ4n) is 0.860. The van der Waals surface area contributed by atoms with Gasteiger partial charge in [-0.3, -0.25) is 4.79 Å². The number of esters is 1. The number of rotatable bonds is 5. The number of ether oxygens (including phenoxy) is 1. The highest BCUT2D eigenvalue weighted by atomic mass is 32.2. The van der Waals surface area contributed by atoms with Crippen molar-refractivity contribution in [2.75, 3.05) is 13.7 Å². The molecule has 10 heteroatoms. The maximum atomic E-state index is 11.6. The summed E-state index contributed by atoms with van der Waals surface area (Å²) >= 11 is 0.650. The Bertz CT molecular complexity index is 534. The average Bonchev–Trinajstić information content (AvgIpc) is 2.75. The highest BCUT2D eigenvalue weighted by Crippen LogP contribution is 2.19. The summed E-state index contributed by atoms with van der Waals surface area (Å²) in [5.41, 5.74) is 0.517. The lowest BCUT2D eigenvalue weighted by Gasteiger charge is -2.03. The van der Waals surface area contributed by atoms with E-state index < -0.39 is 38.4 Å². The Morgan fingerprint density at radius 1 is 1.59 bits per heavy atom. The lowest BCUT2D eigenvalue weighted by atomic mass is 10.5. The van der Waals surface area contributed by atoms with Gasteiger partial charge in [-0.2, -0.15) is 4.72 Å². The average molecular weight is 280 g/mol. The van der Waals surface area contributed by atoms with Crippen LogP contribution in [0.1, 0.15) is 10.5 Å². The van der Waals surface area contributed by atoms with Crippen LogP contribution in [0.4, 0.5) is 0 Å². The van der Waals surface area contributed by atoms with E-state index >= 15 is 0 Å². The van der Waals surface area contributed by atoms with Crippen LogP contribution < -0.4 is 4.72 Å². The monoisotopic (exact) mass is 280 g/mol. The Balaban J connectivity index is 2.94. The molecule has 2 N–H and O–H groups in total. The molecule has 1 heterocycles. The van der Waals surface area contributed by atoms with Crippen molar-refractivity contribution in [2.45, 2.75) is 4.21 Å². The van der Waals surface area contributed by atoms with E-state index in [0.717, 1.165) is 12.6 Å². The van der Waals surface area contributed by atoms with E-state index in [2.05, 4.69) is 9.72 Å². The first-order valence-electron chi connectivity index (χ1n) is 4.11. The van der Waals surface area contributed by atoms with Crippen LogP contribution in [0.3, 0.4) is 0 Å². The number of hydrogen-bond donors (Lipinski definition) is 2. The molecule has 0 amide bonds. The third kappa shape index (κ3) is 3.22. The second-order valence-electron chi connectivity index (χ2n) is 2.69. The van der Waals surface area contributed by atoms with Crippen LogP contribution in [-0.2, 0) is 19.6 Å². The molecule has 1 aromatic rings. The number of carboxylic acids is 1. The molecule has 0 aliphatic heterocycles. The highest BCUT2D eigenvalue weighted by Gasteiger charge is 2.26. The molecule has 0 fully saturated rings. The van der Waals surface area contributed by atoms with Crippen molar-refractivity contribution in [2.24, 2.45) is 0 Å². The van der Waals surface area contributed by atoms with Gasteiger partial charge in [-0.05, 0) is 0 Å². The van der Waals surface area contributed by atoms with E-state index in [9.17, 15) is 18.0 Å². The number of carboxylic acid groups (broad SMARTS) is 1. The first-order chi connectivity index (χ1) is 7.88. The maximum Gasteiger partial charge on any atom is 0.356 e. The summed E-state index contributed by atoms with van der Waals surface area (Å²) in [7, 11) is -2.97. The van der Waals surface area contributed by atoms with E-state index in [1.165, 1.54) is 0 Å². The van der Waals surface area contributed by atoms with Crippen LogP contribution in [0, 0.1) is 0 Å². The summed E-state index contributed by atoms with van der Waals surface area (Å²) in [5, 5.41) is 8.70. The van der Waals surface area contributed by atoms with Crippen molar-refractivity contribution in [1.29, 1.82) is 0 Å². The minimum absolute atomic E-state index is 0.450. The number of hydrogen-bond acceptors (Lipinski definition) is 7. The summed E-state index contributed by atoms with van der Waals surface area (Å²) in [5.74, 6) is -2.24. The molecule has 0 atom stereocenters. The van der Waals surface area contributed by atoms with Crippen molar-refractivity contribution < 1.29 is 27.9 Å². The van der Waals surface area contributed by atoms with E-state index in [-0.39, 0.29) is 0 Å². The van der Waals surface area contributed by atoms with Crippen LogP contribution in [0.15, 0.2) is 9.72 Å². The van der Waals surface area contributed by atoms with Crippen molar-refractivity contribution in [3.63, 3.8) is 0 Å². The van der Waals surface area contributed by atoms with Gasteiger partial charge >= 0.3 is 11.9 Å². The lowest BCUT2D eigenvalue weighted by molar-refractivity contribution is -0.139. The van der Waals surface area contributed by atoms with Gasteiger partial charge in [-0.25, -0.2) is 18.2 Å². The molecule has 0 aliphatic carbocycles. The van der Waals surface area contributed by atoms with E-state index in [1.54, 1.807) is 0 Å². The molecule has 0 aromatic carbocycles. The molecule has 17 heavy (non-hydrogen) atoms. The molecule has 1 aromatic heterocycles. The van der Waals surface area contributed by atoms with Crippen molar-refractivity contribution >= 4 is 33.3 Å². The molecular weight excluding hydrogens is 272 g/mol. The number of carbonyl (C=O) groups excluding carboxylic acids is 1. The zero-order valence-corrected chi connectivity index (χ0v) is 10.2. The molecule has 0 bridgehead atoms. The molecule has 0 spiro atoms. The fraction of sp³-hybridized carbons (Fsp3) is 0.286. The maximum absolute atomic E-state index is 11.6. The zero-order chi connectivity index (χ0) is 13.1. The molecule has 0 aliphatic rings. The predicted molar refractivity (Wildman–Crippen MR) is 56.3 cm³/mol. The van der Waals surface area contributed by atoms with Crippen LogP contribution in [0.25, 0.3) is 0 Å². The topological polar surface area (TPSA) is 123 Å². The van der Waals surface area contributed by atoms with Gasteiger partial charge in [0, 0.05) is 0 Å². The third-order valence-corrected chi connectivity index (χ3v) is 4.39. The second kappa shape index (κ2) is 5.21. The largest absolute Gasteiger partial charge is 0.476 e. The summed E-state index contributed by atoms with van der Waals surface area (Å²) in [6.45, 7) is -0.574. The van der Waals surface area contributed by atoms with Crippen molar-refractivity contribution in [3.8, 4) is 0 Å². The SMILES string of the molecule is COC(=O)CNS(=O)(=O)c1scnc1C(=O)O. The van der Waals surface area contributed by atoms with Crippen LogP contribution in [-0.4, -0.2) is 44.1 Å². The van der Waals surface area contributed by atoms with Crippen molar-refractivity contribution in [1.82, 2.24) is 9.71 Å². The fourth-order valence-corrected chi connectivity index (χ4v) is 3.01. The smallest absolute Gasteiger partial charge is 0.356 e. The molecule has 1 rings (SSSR count).